The van der Waals surface area contributed by atoms with Gasteiger partial charge in [-0.1, -0.05) is 13.8 Å². The number of aliphatic hydroxyl groups is 1. The van der Waals surface area contributed by atoms with Crippen molar-refractivity contribution in [2.45, 2.75) is 32.7 Å². The molecule has 0 saturated heterocycles. The fraction of sp³-hybridized carbons (Fsp3) is 0.533. The van der Waals surface area contributed by atoms with Crippen LogP contribution in [0, 0.1) is 0 Å². The van der Waals surface area contributed by atoms with E-state index in [0.717, 1.165) is 12.8 Å². The Kier molecular flexibility index (Phi) is 6.87. The van der Waals surface area contributed by atoms with E-state index in [1.807, 2.05) is 13.8 Å². The fourth-order valence-corrected chi connectivity index (χ4v) is 2.14. The molecule has 3 N–H and O–H groups in total. The van der Waals surface area contributed by atoms with Crippen LogP contribution in [0.3, 0.4) is 0 Å². The zero-order valence-electron chi connectivity index (χ0n) is 12.2. The molecular formula is C15H24N2O3. The van der Waals surface area contributed by atoms with Crippen molar-refractivity contribution in [3.63, 3.8) is 0 Å². The van der Waals surface area contributed by atoms with Crippen molar-refractivity contribution >= 4 is 11.6 Å². The summed E-state index contributed by atoms with van der Waals surface area (Å²) >= 11 is 0. The number of anilines is 1. The van der Waals surface area contributed by atoms with Crippen LogP contribution in [0.4, 0.5) is 5.69 Å². The molecule has 0 atom stereocenters. The Hall–Kier alpha value is -1.75. The first-order valence-electron chi connectivity index (χ1n) is 7.01. The summed E-state index contributed by atoms with van der Waals surface area (Å²) in [4.78, 5) is 13.9. The number of nitrogen functional groups attached to an aromatic ring is 1. The molecular weight excluding hydrogens is 256 g/mol. The highest BCUT2D eigenvalue weighted by Gasteiger charge is 2.20. The van der Waals surface area contributed by atoms with Crippen molar-refractivity contribution in [1.29, 1.82) is 0 Å². The first-order chi connectivity index (χ1) is 9.62. The van der Waals surface area contributed by atoms with Gasteiger partial charge in [-0.05, 0) is 37.1 Å². The van der Waals surface area contributed by atoms with Crippen molar-refractivity contribution < 1.29 is 14.6 Å². The molecule has 0 radical (unpaired) electrons. The maximum atomic E-state index is 12.2. The van der Waals surface area contributed by atoms with Gasteiger partial charge in [-0.3, -0.25) is 4.79 Å². The zero-order chi connectivity index (χ0) is 15.0. The lowest BCUT2D eigenvalue weighted by Crippen LogP contribution is -2.43. The normalized spacial score (nSPS) is 10.6. The minimum absolute atomic E-state index is 0.0274. The first kappa shape index (κ1) is 16.3. The molecule has 0 saturated carbocycles. The molecule has 1 aromatic rings. The number of ether oxygens (including phenoxy) is 1. The van der Waals surface area contributed by atoms with Crippen LogP contribution in [0.1, 0.15) is 26.7 Å². The van der Waals surface area contributed by atoms with Gasteiger partial charge < -0.3 is 20.5 Å². The number of hydrogen-bond acceptors (Lipinski definition) is 4. The summed E-state index contributed by atoms with van der Waals surface area (Å²) < 4.78 is 5.46. The first-order valence-corrected chi connectivity index (χ1v) is 7.01. The van der Waals surface area contributed by atoms with Crippen LogP contribution in [0.15, 0.2) is 24.3 Å². The molecule has 0 fully saturated rings. The highest BCUT2D eigenvalue weighted by molar-refractivity contribution is 5.78. The molecule has 0 unspecified atom stereocenters. The maximum Gasteiger partial charge on any atom is 0.260 e. The summed E-state index contributed by atoms with van der Waals surface area (Å²) in [5.74, 6) is 0.505. The lowest BCUT2D eigenvalue weighted by atomic mass is 10.1. The number of carbonyl (C=O) groups is 1. The van der Waals surface area contributed by atoms with E-state index in [0.29, 0.717) is 18.0 Å². The molecule has 1 amide bonds. The van der Waals surface area contributed by atoms with Crippen LogP contribution < -0.4 is 10.5 Å². The van der Waals surface area contributed by atoms with Gasteiger partial charge in [0, 0.05) is 18.3 Å². The average molecular weight is 280 g/mol. The Bertz CT molecular complexity index is 402. The van der Waals surface area contributed by atoms with Gasteiger partial charge in [-0.25, -0.2) is 0 Å². The van der Waals surface area contributed by atoms with E-state index in [4.69, 9.17) is 15.6 Å². The summed E-state index contributed by atoms with van der Waals surface area (Å²) in [6, 6.07) is 7.06. The van der Waals surface area contributed by atoms with Gasteiger partial charge in [-0.15, -0.1) is 0 Å². The number of nitrogens with two attached hydrogens (primary N) is 1. The number of nitrogens with zero attached hydrogens (tertiary/aromatic N) is 1. The van der Waals surface area contributed by atoms with Gasteiger partial charge >= 0.3 is 0 Å². The van der Waals surface area contributed by atoms with E-state index in [9.17, 15) is 4.79 Å². The van der Waals surface area contributed by atoms with Gasteiger partial charge in [0.2, 0.25) is 0 Å². The molecule has 0 aliphatic heterocycles. The fourth-order valence-electron chi connectivity index (χ4n) is 2.14. The Morgan fingerprint density at radius 3 is 2.40 bits per heavy atom. The van der Waals surface area contributed by atoms with Gasteiger partial charge in [0.1, 0.15) is 5.75 Å². The molecule has 0 bridgehead atoms. The van der Waals surface area contributed by atoms with Gasteiger partial charge in [0.05, 0.1) is 6.61 Å². The minimum Gasteiger partial charge on any atom is -0.484 e. The second-order valence-electron chi connectivity index (χ2n) is 4.64. The lowest BCUT2D eigenvalue weighted by Gasteiger charge is -2.30. The maximum absolute atomic E-state index is 12.2. The highest BCUT2D eigenvalue weighted by atomic mass is 16.5. The van der Waals surface area contributed by atoms with E-state index in [2.05, 4.69) is 0 Å². The largest absolute Gasteiger partial charge is 0.484 e. The topological polar surface area (TPSA) is 75.8 Å². The number of carbonyl (C=O) groups excluding carboxylic acids is 1. The van der Waals surface area contributed by atoms with Crippen molar-refractivity contribution in [3.8, 4) is 5.75 Å². The van der Waals surface area contributed by atoms with Crippen LogP contribution in [-0.2, 0) is 4.79 Å². The molecule has 0 spiro atoms. The molecule has 0 aliphatic carbocycles. The summed E-state index contributed by atoms with van der Waals surface area (Å²) in [6.07, 6.45) is 1.73. The Balaban J connectivity index is 2.59. The monoisotopic (exact) mass is 280 g/mol. The lowest BCUT2D eigenvalue weighted by molar-refractivity contribution is -0.136. The van der Waals surface area contributed by atoms with Gasteiger partial charge in [-0.2, -0.15) is 0 Å². The number of hydrogen-bond donors (Lipinski definition) is 2. The second-order valence-corrected chi connectivity index (χ2v) is 4.64. The second kappa shape index (κ2) is 8.43. The summed E-state index contributed by atoms with van der Waals surface area (Å²) in [5, 5.41) is 9.09. The number of benzene rings is 1. The minimum atomic E-state index is -0.107. The van der Waals surface area contributed by atoms with Crippen LogP contribution in [0.2, 0.25) is 0 Å². The third kappa shape index (κ3) is 4.74. The van der Waals surface area contributed by atoms with Crippen LogP contribution in [0.25, 0.3) is 0 Å². The predicted molar refractivity (Wildman–Crippen MR) is 79.5 cm³/mol. The smallest absolute Gasteiger partial charge is 0.260 e. The summed E-state index contributed by atoms with van der Waals surface area (Å²) in [7, 11) is 0. The number of aliphatic hydroxyl groups excluding tert-OH is 1. The van der Waals surface area contributed by atoms with Crippen LogP contribution >= 0.6 is 0 Å². The molecule has 0 heterocycles. The van der Waals surface area contributed by atoms with Crippen LogP contribution in [0.5, 0.6) is 5.75 Å². The highest BCUT2D eigenvalue weighted by Crippen LogP contribution is 2.14. The molecule has 5 heteroatoms. The molecule has 5 nitrogen and oxygen atoms in total. The zero-order valence-corrected chi connectivity index (χ0v) is 12.2. The SMILES string of the molecule is CCC(CC)N(CCO)C(=O)COc1ccc(N)cc1. The third-order valence-electron chi connectivity index (χ3n) is 3.29. The van der Waals surface area contributed by atoms with E-state index in [-0.39, 0.29) is 25.2 Å². The third-order valence-corrected chi connectivity index (χ3v) is 3.29. The summed E-state index contributed by atoms with van der Waals surface area (Å²) in [6.45, 7) is 4.35. The molecule has 20 heavy (non-hydrogen) atoms. The molecule has 1 rings (SSSR count). The quantitative estimate of drug-likeness (QED) is 0.710. The Labute approximate surface area is 120 Å². The predicted octanol–water partition coefficient (Wildman–Crippen LogP) is 1.66. The van der Waals surface area contributed by atoms with E-state index in [1.165, 1.54) is 0 Å². The molecule has 112 valence electrons. The van der Waals surface area contributed by atoms with Gasteiger partial charge in [0.15, 0.2) is 6.61 Å². The van der Waals surface area contributed by atoms with Crippen molar-refractivity contribution in [2.75, 3.05) is 25.5 Å². The van der Waals surface area contributed by atoms with Crippen LogP contribution in [-0.4, -0.2) is 41.7 Å². The Morgan fingerprint density at radius 2 is 1.90 bits per heavy atom. The van der Waals surface area contributed by atoms with Crippen molar-refractivity contribution in [1.82, 2.24) is 4.90 Å². The van der Waals surface area contributed by atoms with Crippen molar-refractivity contribution in [3.05, 3.63) is 24.3 Å². The summed E-state index contributed by atoms with van der Waals surface area (Å²) in [5.41, 5.74) is 6.24. The van der Waals surface area contributed by atoms with E-state index >= 15 is 0 Å². The number of amides is 1. The van der Waals surface area contributed by atoms with E-state index in [1.54, 1.807) is 29.2 Å². The Morgan fingerprint density at radius 1 is 1.30 bits per heavy atom. The molecule has 0 aliphatic rings. The average Bonchev–Trinajstić information content (AvgIpc) is 2.46. The number of rotatable bonds is 8. The molecule has 0 aromatic heterocycles. The van der Waals surface area contributed by atoms with E-state index < -0.39 is 0 Å². The van der Waals surface area contributed by atoms with Crippen molar-refractivity contribution in [2.24, 2.45) is 0 Å². The molecule has 1 aromatic carbocycles. The van der Waals surface area contributed by atoms with Gasteiger partial charge in [0.25, 0.3) is 5.91 Å². The standard InChI is InChI=1S/C15H24N2O3/c1-3-13(4-2)17(9-10-18)15(19)11-20-14-7-5-12(16)6-8-14/h5-8,13,18H,3-4,9-11,16H2,1-2H3.